The molecule has 0 saturated heterocycles. The molecule has 0 amide bonds. The molecule has 0 spiro atoms. The summed E-state index contributed by atoms with van der Waals surface area (Å²) in [5.41, 5.74) is 1.61. The van der Waals surface area contributed by atoms with Crippen LogP contribution >= 0.6 is 0 Å². The van der Waals surface area contributed by atoms with Crippen LogP contribution in [0.3, 0.4) is 0 Å². The van der Waals surface area contributed by atoms with Gasteiger partial charge in [-0.3, -0.25) is 4.98 Å². The van der Waals surface area contributed by atoms with Gasteiger partial charge in [0.15, 0.2) is 5.58 Å². The Morgan fingerprint density at radius 3 is 2.62 bits per heavy atom. The first-order valence-corrected chi connectivity index (χ1v) is 8.70. The van der Waals surface area contributed by atoms with Crippen molar-refractivity contribution < 1.29 is 14.2 Å². The Labute approximate surface area is 153 Å². The number of fused-ring (bicyclic) bond motifs is 5. The average Bonchev–Trinajstić information content (AvgIpc) is 2.97. The minimum atomic E-state index is -0.979. The van der Waals surface area contributed by atoms with Crippen LogP contribution in [0.4, 0.5) is 0 Å². The third-order valence-electron chi connectivity index (χ3n) is 5.22. The van der Waals surface area contributed by atoms with Crippen molar-refractivity contribution in [1.29, 1.82) is 0 Å². The minimum Gasteiger partial charge on any atom is -0.454 e. The van der Waals surface area contributed by atoms with Gasteiger partial charge in [-0.25, -0.2) is 0 Å². The highest BCUT2D eigenvalue weighted by Gasteiger charge is 2.35. The number of nitrogens with zero attached hydrogens (tertiary/aromatic N) is 1. The predicted molar refractivity (Wildman–Crippen MR) is 106 cm³/mol. The molecule has 2 heterocycles. The Kier molecular flexibility index (Phi) is 3.83. The number of aliphatic hydroxyl groups is 1. The van der Waals surface area contributed by atoms with Gasteiger partial charge in [0.05, 0.1) is 11.2 Å². The largest absolute Gasteiger partial charge is 0.454 e. The van der Waals surface area contributed by atoms with Crippen molar-refractivity contribution in [2.75, 3.05) is 0 Å². The normalized spacial score (nSPS) is 13.0. The third kappa shape index (κ3) is 2.68. The summed E-state index contributed by atoms with van der Waals surface area (Å²) >= 11 is 0. The molecule has 0 saturated carbocycles. The molecule has 2 aromatic heterocycles. The van der Waals surface area contributed by atoms with Crippen molar-refractivity contribution >= 4 is 45.8 Å². The zero-order valence-electron chi connectivity index (χ0n) is 15.4. The molecule has 0 fully saturated rings. The molecule has 0 unspecified atom stereocenters. The predicted octanol–water partition coefficient (Wildman–Crippen LogP) is 3.94. The Balaban J connectivity index is 1.87. The van der Waals surface area contributed by atoms with E-state index in [4.69, 9.17) is 9.07 Å². The number of hydrogen-bond acceptors (Lipinski definition) is 4. The lowest BCUT2D eigenvalue weighted by atomic mass is 9.80. The fraction of sp³-hybridized carbons (Fsp3) is 0.286. The van der Waals surface area contributed by atoms with Gasteiger partial charge in [-0.05, 0) is 56.7 Å². The molecule has 1 N–H and O–H groups in total. The standard InChI is InChI=1S/C21H21BNO3/c1-20(2,24)21(3,4)26-22-15-8-5-7-13-10-11-14-18-16(9-6-12-23-18)25-19(14)17(13)15/h5-12,24H,1-4H3. The molecule has 0 aliphatic heterocycles. The molecule has 0 atom stereocenters. The molecule has 26 heavy (non-hydrogen) atoms. The molecule has 0 bridgehead atoms. The van der Waals surface area contributed by atoms with Crippen molar-refractivity contribution in [2.45, 2.75) is 38.9 Å². The van der Waals surface area contributed by atoms with Gasteiger partial charge in [-0.2, -0.15) is 0 Å². The van der Waals surface area contributed by atoms with Crippen LogP contribution in [0, 0.1) is 0 Å². The number of benzene rings is 2. The van der Waals surface area contributed by atoms with Gasteiger partial charge < -0.3 is 14.2 Å². The van der Waals surface area contributed by atoms with E-state index in [1.54, 1.807) is 27.5 Å². The van der Waals surface area contributed by atoms with Gasteiger partial charge >= 0.3 is 7.48 Å². The van der Waals surface area contributed by atoms with E-state index >= 15 is 0 Å². The van der Waals surface area contributed by atoms with E-state index in [1.165, 1.54) is 0 Å². The number of rotatable bonds is 4. The molecule has 131 valence electrons. The highest BCUT2D eigenvalue weighted by Crippen LogP contribution is 2.32. The first kappa shape index (κ1) is 17.1. The lowest BCUT2D eigenvalue weighted by Gasteiger charge is -2.37. The lowest BCUT2D eigenvalue weighted by molar-refractivity contribution is -0.0893. The Bertz CT molecular complexity index is 1110. The van der Waals surface area contributed by atoms with Gasteiger partial charge in [-0.1, -0.05) is 24.3 Å². The summed E-state index contributed by atoms with van der Waals surface area (Å²) in [5.74, 6) is 0. The van der Waals surface area contributed by atoms with Crippen molar-refractivity contribution in [3.05, 3.63) is 48.7 Å². The van der Waals surface area contributed by atoms with E-state index in [1.807, 2.05) is 50.2 Å². The number of hydrogen-bond donors (Lipinski definition) is 1. The van der Waals surface area contributed by atoms with E-state index in [2.05, 4.69) is 11.1 Å². The van der Waals surface area contributed by atoms with Crippen LogP contribution in [0.15, 0.2) is 53.1 Å². The van der Waals surface area contributed by atoms with Gasteiger partial charge in [0.2, 0.25) is 0 Å². The highest BCUT2D eigenvalue weighted by molar-refractivity contribution is 6.53. The second-order valence-corrected chi connectivity index (χ2v) is 7.64. The summed E-state index contributed by atoms with van der Waals surface area (Å²) in [6.45, 7) is 7.23. The van der Waals surface area contributed by atoms with Gasteiger partial charge in [-0.15, -0.1) is 0 Å². The fourth-order valence-electron chi connectivity index (χ4n) is 2.90. The second-order valence-electron chi connectivity index (χ2n) is 7.64. The van der Waals surface area contributed by atoms with Crippen molar-refractivity contribution in [3.8, 4) is 0 Å². The second kappa shape index (κ2) is 5.83. The molecule has 4 rings (SSSR count). The molecule has 0 aliphatic carbocycles. The molecule has 5 heteroatoms. The maximum Gasteiger partial charge on any atom is 0.331 e. The van der Waals surface area contributed by atoms with E-state index in [0.717, 1.165) is 38.3 Å². The summed E-state index contributed by atoms with van der Waals surface area (Å²) < 4.78 is 12.1. The smallest absolute Gasteiger partial charge is 0.331 e. The van der Waals surface area contributed by atoms with Crippen LogP contribution in [0.5, 0.6) is 0 Å². The molecular formula is C21H21BNO3. The third-order valence-corrected chi connectivity index (χ3v) is 5.22. The fourth-order valence-corrected chi connectivity index (χ4v) is 2.90. The summed E-state index contributed by atoms with van der Waals surface area (Å²) in [6, 6.07) is 13.9. The van der Waals surface area contributed by atoms with Gasteiger partial charge in [0.1, 0.15) is 11.1 Å². The Hall–Kier alpha value is -2.37. The number of furan rings is 1. The summed E-state index contributed by atoms with van der Waals surface area (Å²) in [5, 5.41) is 13.4. The topological polar surface area (TPSA) is 55.5 Å². The van der Waals surface area contributed by atoms with E-state index < -0.39 is 11.2 Å². The molecular weight excluding hydrogens is 325 g/mol. The molecule has 2 aromatic carbocycles. The van der Waals surface area contributed by atoms with Crippen molar-refractivity contribution in [3.63, 3.8) is 0 Å². The zero-order valence-corrected chi connectivity index (χ0v) is 15.4. The summed E-state index contributed by atoms with van der Waals surface area (Å²) in [7, 11) is 1.71. The minimum absolute atomic E-state index is 0.738. The quantitative estimate of drug-likeness (QED) is 0.569. The van der Waals surface area contributed by atoms with Crippen molar-refractivity contribution in [1.82, 2.24) is 4.98 Å². The maximum atomic E-state index is 10.3. The van der Waals surface area contributed by atoms with Crippen LogP contribution in [0.25, 0.3) is 32.8 Å². The van der Waals surface area contributed by atoms with Crippen LogP contribution in [-0.2, 0) is 4.65 Å². The lowest BCUT2D eigenvalue weighted by Crippen LogP contribution is -2.49. The zero-order chi connectivity index (χ0) is 18.5. The van der Waals surface area contributed by atoms with Crippen LogP contribution in [-0.4, -0.2) is 28.8 Å². The Morgan fingerprint density at radius 1 is 1.04 bits per heavy atom. The van der Waals surface area contributed by atoms with Gasteiger partial charge in [0, 0.05) is 17.0 Å². The molecule has 0 aliphatic rings. The van der Waals surface area contributed by atoms with Gasteiger partial charge in [0.25, 0.3) is 0 Å². The van der Waals surface area contributed by atoms with Crippen LogP contribution < -0.4 is 5.46 Å². The highest BCUT2D eigenvalue weighted by atomic mass is 16.5. The number of pyridine rings is 1. The summed E-state index contributed by atoms with van der Waals surface area (Å²) in [6.07, 6.45) is 1.77. The first-order valence-electron chi connectivity index (χ1n) is 8.70. The first-order chi connectivity index (χ1) is 12.3. The number of aromatic nitrogens is 1. The van der Waals surface area contributed by atoms with E-state index in [-0.39, 0.29) is 0 Å². The monoisotopic (exact) mass is 346 g/mol. The molecule has 4 aromatic rings. The summed E-state index contributed by atoms with van der Waals surface area (Å²) in [4.78, 5) is 4.46. The molecule has 4 nitrogen and oxygen atoms in total. The van der Waals surface area contributed by atoms with Crippen LogP contribution in [0.1, 0.15) is 27.7 Å². The SMILES string of the molecule is CC(C)(O)C(C)(C)O[B]c1cccc2ccc3c4ncccc4oc3c12. The molecule has 1 radical (unpaired) electrons. The van der Waals surface area contributed by atoms with E-state index in [0.29, 0.717) is 0 Å². The van der Waals surface area contributed by atoms with Crippen molar-refractivity contribution in [2.24, 2.45) is 0 Å². The Morgan fingerprint density at radius 2 is 1.85 bits per heavy atom. The average molecular weight is 346 g/mol. The maximum absolute atomic E-state index is 10.3. The van der Waals surface area contributed by atoms with E-state index in [9.17, 15) is 5.11 Å². The van der Waals surface area contributed by atoms with Crippen LogP contribution in [0.2, 0.25) is 0 Å².